The van der Waals surface area contributed by atoms with Gasteiger partial charge >= 0.3 is 12.1 Å². The van der Waals surface area contributed by atoms with Crippen LogP contribution in [0.5, 0.6) is 0 Å². The Morgan fingerprint density at radius 2 is 0.808 bits per heavy atom. The lowest BCUT2D eigenvalue weighted by Crippen LogP contribution is -2.28. The van der Waals surface area contributed by atoms with Crippen LogP contribution in [-0.2, 0) is 73.0 Å². The third-order valence-electron chi connectivity index (χ3n) is 6.09. The van der Waals surface area contributed by atoms with E-state index in [1.165, 1.54) is 0 Å². The van der Waals surface area contributed by atoms with E-state index in [0.29, 0.717) is 145 Å². The molecule has 0 aliphatic rings. The quantitative estimate of drug-likeness (QED) is 0.0778. The van der Waals surface area contributed by atoms with Gasteiger partial charge in [-0.15, -0.1) is 0 Å². The van der Waals surface area contributed by atoms with E-state index in [1.54, 1.807) is 0 Å². The number of hydrogen-bond acceptors (Lipinski definition) is 15. The Bertz CT molecular complexity index is 936. The van der Waals surface area contributed by atoms with Crippen molar-refractivity contribution in [3.05, 3.63) is 35.9 Å². The van der Waals surface area contributed by atoms with Crippen LogP contribution in [0, 0.1) is 0 Å². The Balaban J connectivity index is 1.65. The Labute approximate surface area is 309 Å². The third-order valence-corrected chi connectivity index (χ3v) is 6.09. The van der Waals surface area contributed by atoms with E-state index >= 15 is 0 Å². The highest BCUT2D eigenvalue weighted by Gasteiger charge is 2.15. The van der Waals surface area contributed by atoms with Crippen LogP contribution in [0.25, 0.3) is 0 Å². The van der Waals surface area contributed by atoms with Crippen molar-refractivity contribution < 1.29 is 71.2 Å². The molecule has 0 saturated heterocycles. The van der Waals surface area contributed by atoms with Crippen LogP contribution >= 0.6 is 0 Å². The first-order chi connectivity index (χ1) is 25.4. The summed E-state index contributed by atoms with van der Waals surface area (Å²) in [5.74, 6) is -0.391. The first-order valence-corrected chi connectivity index (χ1v) is 17.9. The number of amides is 1. The first-order valence-electron chi connectivity index (χ1n) is 17.9. The van der Waals surface area contributed by atoms with Crippen molar-refractivity contribution >= 4 is 12.1 Å². The van der Waals surface area contributed by atoms with Gasteiger partial charge in [0.15, 0.2) is 0 Å². The molecule has 0 saturated carbocycles. The molecule has 0 heterocycles. The Morgan fingerprint density at radius 3 is 1.15 bits per heavy atom. The maximum Gasteiger partial charge on any atom is 0.407 e. The second-order valence-corrected chi connectivity index (χ2v) is 11.8. The van der Waals surface area contributed by atoms with Crippen molar-refractivity contribution in [3.63, 3.8) is 0 Å². The largest absolute Gasteiger partial charge is 0.458 e. The zero-order valence-electron chi connectivity index (χ0n) is 31.5. The highest BCUT2D eigenvalue weighted by atomic mass is 16.6. The molecule has 52 heavy (non-hydrogen) atoms. The van der Waals surface area contributed by atoms with E-state index in [2.05, 4.69) is 5.32 Å². The summed E-state index contributed by atoms with van der Waals surface area (Å²) < 4.78 is 70.0. The minimum absolute atomic E-state index is 0.0884. The van der Waals surface area contributed by atoms with Crippen molar-refractivity contribution in [2.24, 2.45) is 0 Å². The maximum absolute atomic E-state index is 11.6. The summed E-state index contributed by atoms with van der Waals surface area (Å²) >= 11 is 0. The molecule has 16 heteroatoms. The number of carbonyl (C=O) groups excluding carboxylic acids is 2. The van der Waals surface area contributed by atoms with Crippen LogP contribution in [0.15, 0.2) is 30.3 Å². The zero-order chi connectivity index (χ0) is 37.6. The molecule has 1 amide bonds. The number of carbonyl (C=O) groups is 2. The molecule has 0 atom stereocenters. The number of rotatable bonds is 37. The smallest absolute Gasteiger partial charge is 0.407 e. The summed E-state index contributed by atoms with van der Waals surface area (Å²) in [6.45, 7) is 15.4. The first kappa shape index (κ1) is 47.5. The molecule has 1 aromatic rings. The second kappa shape index (κ2) is 35.5. The van der Waals surface area contributed by atoms with Gasteiger partial charge in [-0.25, -0.2) is 9.59 Å². The average molecular weight is 750 g/mol. The molecule has 302 valence electrons. The minimum Gasteiger partial charge on any atom is -0.458 e. The van der Waals surface area contributed by atoms with Gasteiger partial charge in [0.05, 0.1) is 139 Å². The van der Waals surface area contributed by atoms with Crippen LogP contribution < -0.4 is 5.32 Å². The predicted octanol–water partition coefficient (Wildman–Crippen LogP) is 2.44. The van der Waals surface area contributed by atoms with Gasteiger partial charge in [0, 0.05) is 6.54 Å². The number of alkyl carbamates (subject to hydrolysis) is 1. The topological polar surface area (TPSA) is 166 Å². The van der Waals surface area contributed by atoms with E-state index in [4.69, 9.17) is 61.6 Å². The Hall–Kier alpha value is -2.48. The molecule has 0 aliphatic heterocycles. The van der Waals surface area contributed by atoms with Crippen LogP contribution in [0.3, 0.4) is 0 Å². The van der Waals surface area contributed by atoms with E-state index in [0.717, 1.165) is 5.56 Å². The number of ether oxygens (including phenoxy) is 13. The molecular formula is C36H63NO15. The van der Waals surface area contributed by atoms with Gasteiger partial charge < -0.3 is 66.9 Å². The van der Waals surface area contributed by atoms with E-state index in [1.807, 2.05) is 51.1 Å². The molecule has 0 spiro atoms. The Morgan fingerprint density at radius 1 is 0.481 bits per heavy atom. The van der Waals surface area contributed by atoms with Gasteiger partial charge in [0.2, 0.25) is 0 Å². The van der Waals surface area contributed by atoms with Crippen LogP contribution in [0.2, 0.25) is 0 Å². The van der Waals surface area contributed by atoms with Gasteiger partial charge in [0.1, 0.15) is 18.8 Å². The molecule has 1 rings (SSSR count). The van der Waals surface area contributed by atoms with E-state index in [-0.39, 0.29) is 13.2 Å². The summed E-state index contributed by atoms with van der Waals surface area (Å²) in [5.41, 5.74) is 0.418. The SMILES string of the molecule is CC(C)(C)OC(=O)COCCOCCOCCOCCOCCOCCOCCOCCOCCOCCOCCNC(=O)OCc1ccccc1. The number of esters is 1. The standard InChI is InChI=1S/C36H63NO15/c1-36(2,3)52-34(38)32-50-30-29-49-28-27-48-26-25-47-24-23-46-22-21-45-20-19-44-18-17-43-16-15-42-14-13-41-12-11-40-10-9-37-35(39)51-31-33-7-5-4-6-8-33/h4-8H,9-32H2,1-3H3,(H,37,39). The molecule has 0 aromatic heterocycles. The van der Waals surface area contributed by atoms with Crippen molar-refractivity contribution in [1.29, 1.82) is 0 Å². The lowest BCUT2D eigenvalue weighted by Gasteiger charge is -2.19. The minimum atomic E-state index is -0.516. The Kier molecular flexibility index (Phi) is 32.5. The number of hydrogen-bond donors (Lipinski definition) is 1. The molecule has 0 radical (unpaired) electrons. The summed E-state index contributed by atoms with van der Waals surface area (Å²) in [6, 6.07) is 9.49. The summed E-state index contributed by atoms with van der Waals surface area (Å²) in [6.07, 6.45) is -0.473. The van der Waals surface area contributed by atoms with Crippen LogP contribution in [0.1, 0.15) is 26.3 Å². The number of nitrogens with one attached hydrogen (secondary N) is 1. The maximum atomic E-state index is 11.6. The molecule has 1 N–H and O–H groups in total. The lowest BCUT2D eigenvalue weighted by atomic mass is 10.2. The van der Waals surface area contributed by atoms with Gasteiger partial charge in [-0.1, -0.05) is 30.3 Å². The fraction of sp³-hybridized carbons (Fsp3) is 0.778. The van der Waals surface area contributed by atoms with E-state index in [9.17, 15) is 9.59 Å². The van der Waals surface area contributed by atoms with Crippen LogP contribution in [0.4, 0.5) is 4.79 Å². The molecule has 0 aliphatic carbocycles. The van der Waals surface area contributed by atoms with Crippen molar-refractivity contribution in [3.8, 4) is 0 Å². The fourth-order valence-corrected chi connectivity index (χ4v) is 3.73. The molecule has 16 nitrogen and oxygen atoms in total. The summed E-state index contributed by atoms with van der Waals surface area (Å²) in [7, 11) is 0. The summed E-state index contributed by atoms with van der Waals surface area (Å²) in [5, 5.41) is 2.64. The highest BCUT2D eigenvalue weighted by Crippen LogP contribution is 2.06. The van der Waals surface area contributed by atoms with Crippen molar-refractivity contribution in [2.45, 2.75) is 33.0 Å². The van der Waals surface area contributed by atoms with Crippen molar-refractivity contribution in [1.82, 2.24) is 5.32 Å². The predicted molar refractivity (Wildman–Crippen MR) is 189 cm³/mol. The molecule has 0 unspecified atom stereocenters. The van der Waals surface area contributed by atoms with Crippen LogP contribution in [-0.4, -0.2) is 170 Å². The average Bonchev–Trinajstić information content (AvgIpc) is 3.12. The molecule has 1 aromatic carbocycles. The fourth-order valence-electron chi connectivity index (χ4n) is 3.73. The van der Waals surface area contributed by atoms with Gasteiger partial charge in [0.25, 0.3) is 0 Å². The molecule has 0 bridgehead atoms. The van der Waals surface area contributed by atoms with E-state index < -0.39 is 17.7 Å². The van der Waals surface area contributed by atoms with Gasteiger partial charge in [-0.05, 0) is 26.3 Å². The normalized spacial score (nSPS) is 11.5. The second-order valence-electron chi connectivity index (χ2n) is 11.8. The summed E-state index contributed by atoms with van der Waals surface area (Å²) in [4.78, 5) is 23.2. The molecular weight excluding hydrogens is 686 g/mol. The van der Waals surface area contributed by atoms with Crippen molar-refractivity contribution in [2.75, 3.05) is 152 Å². The van der Waals surface area contributed by atoms with Gasteiger partial charge in [-0.3, -0.25) is 0 Å². The highest BCUT2D eigenvalue weighted by molar-refractivity contribution is 5.71. The van der Waals surface area contributed by atoms with Gasteiger partial charge in [-0.2, -0.15) is 0 Å². The monoisotopic (exact) mass is 749 g/mol. The number of benzene rings is 1. The molecule has 0 fully saturated rings. The third kappa shape index (κ3) is 35.9. The lowest BCUT2D eigenvalue weighted by molar-refractivity contribution is -0.160. The zero-order valence-corrected chi connectivity index (χ0v) is 31.5.